The van der Waals surface area contributed by atoms with E-state index in [4.69, 9.17) is 4.74 Å². The highest BCUT2D eigenvalue weighted by molar-refractivity contribution is 8.00. The lowest BCUT2D eigenvalue weighted by molar-refractivity contribution is 0.0483. The molecule has 3 nitrogen and oxygen atoms in total. The molecule has 0 radical (unpaired) electrons. The monoisotopic (exact) mass is 327 g/mol. The number of rotatable bonds is 3. The minimum atomic E-state index is -0.479. The standard InChI is InChI=1S/C15H20FNO2S.C2H6/c1-15(2,3)19-14(18)17-12-8-9-13(12)20-11-6-4-10(16)5-7-11;1-2/h4-7,12-13H,8-9H2,1-3H3,(H,17,18);1-2H3. The van der Waals surface area contributed by atoms with Crippen molar-refractivity contribution in [3.05, 3.63) is 30.1 Å². The van der Waals surface area contributed by atoms with Crippen LogP contribution in [0.25, 0.3) is 0 Å². The smallest absolute Gasteiger partial charge is 0.407 e. The lowest BCUT2D eigenvalue weighted by atomic mass is 9.92. The predicted molar refractivity (Wildman–Crippen MR) is 89.8 cm³/mol. The van der Waals surface area contributed by atoms with E-state index in [1.165, 1.54) is 12.1 Å². The van der Waals surface area contributed by atoms with Gasteiger partial charge in [0.25, 0.3) is 0 Å². The molecular formula is C17H26FNO2S. The Kier molecular flexibility index (Phi) is 7.20. The molecule has 2 rings (SSSR count). The van der Waals surface area contributed by atoms with E-state index in [0.29, 0.717) is 5.25 Å². The van der Waals surface area contributed by atoms with Crippen molar-refractivity contribution >= 4 is 17.9 Å². The van der Waals surface area contributed by atoms with Gasteiger partial charge in [-0.2, -0.15) is 0 Å². The maximum atomic E-state index is 12.8. The molecule has 0 aliphatic heterocycles. The fraction of sp³-hybridized carbons (Fsp3) is 0.588. The van der Waals surface area contributed by atoms with Crippen LogP contribution in [-0.4, -0.2) is 23.0 Å². The van der Waals surface area contributed by atoms with Gasteiger partial charge in [0.05, 0.1) is 0 Å². The molecule has 1 N–H and O–H groups in total. The van der Waals surface area contributed by atoms with Crippen LogP contribution in [-0.2, 0) is 4.74 Å². The second-order valence-electron chi connectivity index (χ2n) is 5.94. The van der Waals surface area contributed by atoms with E-state index in [2.05, 4.69) is 5.32 Å². The van der Waals surface area contributed by atoms with Crippen molar-refractivity contribution < 1.29 is 13.9 Å². The summed E-state index contributed by atoms with van der Waals surface area (Å²) < 4.78 is 18.1. The van der Waals surface area contributed by atoms with E-state index >= 15 is 0 Å². The van der Waals surface area contributed by atoms with E-state index in [1.807, 2.05) is 34.6 Å². The molecular weight excluding hydrogens is 301 g/mol. The first-order valence-corrected chi connectivity index (χ1v) is 8.63. The van der Waals surface area contributed by atoms with Crippen LogP contribution in [0.4, 0.5) is 9.18 Å². The zero-order valence-corrected chi connectivity index (χ0v) is 14.8. The normalized spacial score (nSPS) is 20.3. The van der Waals surface area contributed by atoms with Crippen molar-refractivity contribution in [3.63, 3.8) is 0 Å². The fourth-order valence-electron chi connectivity index (χ4n) is 1.92. The first-order chi connectivity index (χ1) is 10.3. The van der Waals surface area contributed by atoms with Gasteiger partial charge in [-0.1, -0.05) is 13.8 Å². The molecule has 5 heteroatoms. The summed E-state index contributed by atoms with van der Waals surface area (Å²) in [4.78, 5) is 12.7. The summed E-state index contributed by atoms with van der Waals surface area (Å²) >= 11 is 1.67. The molecule has 0 bridgehead atoms. The number of hydrogen-bond acceptors (Lipinski definition) is 3. The van der Waals surface area contributed by atoms with E-state index in [0.717, 1.165) is 17.7 Å². The van der Waals surface area contributed by atoms with Crippen molar-refractivity contribution in [2.45, 2.75) is 69.2 Å². The third-order valence-electron chi connectivity index (χ3n) is 3.01. The predicted octanol–water partition coefficient (Wildman–Crippen LogP) is 5.00. The molecule has 22 heavy (non-hydrogen) atoms. The van der Waals surface area contributed by atoms with Crippen LogP contribution < -0.4 is 5.32 Å². The number of thioether (sulfide) groups is 1. The number of benzene rings is 1. The summed E-state index contributed by atoms with van der Waals surface area (Å²) in [5, 5.41) is 3.23. The highest BCUT2D eigenvalue weighted by Crippen LogP contribution is 2.36. The third kappa shape index (κ3) is 6.26. The molecule has 1 aromatic rings. The van der Waals surface area contributed by atoms with Crippen LogP contribution >= 0.6 is 11.8 Å². The van der Waals surface area contributed by atoms with Crippen LogP contribution in [0.5, 0.6) is 0 Å². The van der Waals surface area contributed by atoms with Crippen LogP contribution in [0.2, 0.25) is 0 Å². The fourth-order valence-corrected chi connectivity index (χ4v) is 3.19. The average Bonchev–Trinajstić information content (AvgIpc) is 2.43. The maximum Gasteiger partial charge on any atom is 0.407 e. The van der Waals surface area contributed by atoms with Gasteiger partial charge in [0.1, 0.15) is 11.4 Å². The van der Waals surface area contributed by atoms with Gasteiger partial charge < -0.3 is 10.1 Å². The molecule has 124 valence electrons. The number of carbonyl (C=O) groups is 1. The molecule has 1 aliphatic carbocycles. The van der Waals surface area contributed by atoms with E-state index < -0.39 is 5.60 Å². The number of alkyl carbamates (subject to hydrolysis) is 1. The number of hydrogen-bond donors (Lipinski definition) is 1. The van der Waals surface area contributed by atoms with E-state index in [9.17, 15) is 9.18 Å². The van der Waals surface area contributed by atoms with Gasteiger partial charge >= 0.3 is 6.09 Å². The van der Waals surface area contributed by atoms with Gasteiger partial charge in [0.2, 0.25) is 0 Å². The molecule has 1 amide bonds. The van der Waals surface area contributed by atoms with Gasteiger partial charge in [-0.3, -0.25) is 0 Å². The van der Waals surface area contributed by atoms with Crippen molar-refractivity contribution in [3.8, 4) is 0 Å². The van der Waals surface area contributed by atoms with Crippen LogP contribution in [0.15, 0.2) is 29.2 Å². The van der Waals surface area contributed by atoms with Crippen molar-refractivity contribution in [2.24, 2.45) is 0 Å². The summed E-state index contributed by atoms with van der Waals surface area (Å²) in [6, 6.07) is 6.57. The van der Waals surface area contributed by atoms with Gasteiger partial charge in [-0.15, -0.1) is 11.8 Å². The Labute approximate surface area is 137 Å². The van der Waals surface area contributed by atoms with Gasteiger partial charge in [0.15, 0.2) is 0 Å². The quantitative estimate of drug-likeness (QED) is 0.849. The number of halogens is 1. The zero-order valence-electron chi connectivity index (χ0n) is 14.0. The Morgan fingerprint density at radius 3 is 2.27 bits per heavy atom. The Balaban J connectivity index is 0.00000116. The molecule has 2 unspecified atom stereocenters. The average molecular weight is 327 g/mol. The molecule has 0 aromatic heterocycles. The van der Waals surface area contributed by atoms with Crippen LogP contribution in [0.3, 0.4) is 0 Å². The Hall–Kier alpha value is -1.23. The van der Waals surface area contributed by atoms with Crippen molar-refractivity contribution in [1.82, 2.24) is 5.32 Å². The second kappa shape index (κ2) is 8.42. The van der Waals surface area contributed by atoms with Crippen LogP contribution in [0.1, 0.15) is 47.5 Å². The molecule has 0 heterocycles. The number of carbonyl (C=O) groups excluding carboxylic acids is 1. The molecule has 1 fully saturated rings. The number of amides is 1. The molecule has 0 spiro atoms. The summed E-state index contributed by atoms with van der Waals surface area (Å²) in [5.41, 5.74) is -0.479. The molecule has 1 saturated carbocycles. The number of nitrogens with one attached hydrogen (secondary N) is 1. The summed E-state index contributed by atoms with van der Waals surface area (Å²) in [6.07, 6.45) is 1.63. The highest BCUT2D eigenvalue weighted by Gasteiger charge is 2.34. The lowest BCUT2D eigenvalue weighted by Crippen LogP contribution is -2.50. The molecule has 0 saturated heterocycles. The topological polar surface area (TPSA) is 38.3 Å². The SMILES string of the molecule is CC.CC(C)(C)OC(=O)NC1CCC1Sc1ccc(F)cc1. The molecule has 1 aromatic carbocycles. The van der Waals surface area contributed by atoms with E-state index in [1.54, 1.807) is 23.9 Å². The third-order valence-corrected chi connectivity index (χ3v) is 4.43. The summed E-state index contributed by atoms with van der Waals surface area (Å²) in [5.74, 6) is -0.230. The van der Waals surface area contributed by atoms with E-state index in [-0.39, 0.29) is 18.0 Å². The Morgan fingerprint density at radius 2 is 1.82 bits per heavy atom. The van der Waals surface area contributed by atoms with Crippen LogP contribution in [0, 0.1) is 5.82 Å². The first kappa shape index (κ1) is 18.8. The number of ether oxygens (including phenoxy) is 1. The lowest BCUT2D eigenvalue weighted by Gasteiger charge is -2.36. The van der Waals surface area contributed by atoms with Gasteiger partial charge in [-0.25, -0.2) is 9.18 Å². The minimum Gasteiger partial charge on any atom is -0.444 e. The highest BCUT2D eigenvalue weighted by atomic mass is 32.2. The zero-order chi connectivity index (χ0) is 16.8. The molecule has 1 aliphatic rings. The van der Waals surface area contributed by atoms with Crippen molar-refractivity contribution in [1.29, 1.82) is 0 Å². The van der Waals surface area contributed by atoms with Gasteiger partial charge in [-0.05, 0) is 57.9 Å². The largest absolute Gasteiger partial charge is 0.444 e. The molecule has 2 atom stereocenters. The summed E-state index contributed by atoms with van der Waals surface area (Å²) in [6.45, 7) is 9.54. The Morgan fingerprint density at radius 1 is 1.23 bits per heavy atom. The minimum absolute atomic E-state index is 0.125. The second-order valence-corrected chi connectivity index (χ2v) is 7.25. The first-order valence-electron chi connectivity index (χ1n) is 7.75. The Bertz CT molecular complexity index is 471. The van der Waals surface area contributed by atoms with Gasteiger partial charge in [0, 0.05) is 16.2 Å². The van der Waals surface area contributed by atoms with Crippen molar-refractivity contribution in [2.75, 3.05) is 0 Å². The maximum absolute atomic E-state index is 12.8. The summed E-state index contributed by atoms with van der Waals surface area (Å²) in [7, 11) is 0.